The molecule has 9 nitrogen and oxygen atoms in total. The summed E-state index contributed by atoms with van der Waals surface area (Å²) < 4.78 is 17.4. The standard InChI is InChI=1S/C29H27N3O6/c33-27-18-23(28(34)32(27)20-10-12-22(13-11-20)37-21-6-2-1-3-7-21)30-14-16-31(17-15-30)29(35)26-19-36-24-8-4-5-9-25(24)38-26/h1-13,23,26H,14-19H2/t23-,26+/m1/s1. The minimum atomic E-state index is -0.699. The predicted molar refractivity (Wildman–Crippen MR) is 138 cm³/mol. The van der Waals surface area contributed by atoms with Gasteiger partial charge in [0.15, 0.2) is 11.5 Å². The molecule has 3 aliphatic rings. The minimum absolute atomic E-state index is 0.116. The highest BCUT2D eigenvalue weighted by Gasteiger charge is 2.44. The maximum Gasteiger partial charge on any atom is 0.267 e. The second-order valence-corrected chi connectivity index (χ2v) is 9.42. The average Bonchev–Trinajstić information content (AvgIpc) is 3.27. The van der Waals surface area contributed by atoms with E-state index in [1.165, 1.54) is 4.90 Å². The topological polar surface area (TPSA) is 88.6 Å². The number of carbonyl (C=O) groups is 3. The fourth-order valence-corrected chi connectivity index (χ4v) is 5.06. The maximum atomic E-state index is 13.3. The number of carbonyl (C=O) groups excluding carboxylic acids is 3. The lowest BCUT2D eigenvalue weighted by Gasteiger charge is -2.38. The Labute approximate surface area is 220 Å². The molecule has 0 unspecified atom stereocenters. The first-order chi connectivity index (χ1) is 18.6. The van der Waals surface area contributed by atoms with E-state index < -0.39 is 12.1 Å². The second kappa shape index (κ2) is 10.2. The van der Waals surface area contributed by atoms with Crippen molar-refractivity contribution in [1.82, 2.24) is 9.80 Å². The van der Waals surface area contributed by atoms with Gasteiger partial charge in [0.2, 0.25) is 12.0 Å². The summed E-state index contributed by atoms with van der Waals surface area (Å²) in [6.07, 6.45) is -0.582. The summed E-state index contributed by atoms with van der Waals surface area (Å²) in [4.78, 5) is 44.2. The summed E-state index contributed by atoms with van der Waals surface area (Å²) in [6, 6.07) is 23.1. The van der Waals surface area contributed by atoms with E-state index in [-0.39, 0.29) is 30.7 Å². The second-order valence-electron chi connectivity index (χ2n) is 9.42. The fraction of sp³-hybridized carbons (Fsp3) is 0.276. The molecule has 3 aromatic carbocycles. The zero-order chi connectivity index (χ0) is 26.1. The summed E-state index contributed by atoms with van der Waals surface area (Å²) >= 11 is 0. The van der Waals surface area contributed by atoms with Gasteiger partial charge in [-0.3, -0.25) is 19.3 Å². The molecule has 0 N–H and O–H groups in total. The van der Waals surface area contributed by atoms with Crippen LogP contribution < -0.4 is 19.1 Å². The van der Waals surface area contributed by atoms with Gasteiger partial charge in [-0.15, -0.1) is 0 Å². The number of para-hydroxylation sites is 3. The predicted octanol–water partition coefficient (Wildman–Crippen LogP) is 3.10. The van der Waals surface area contributed by atoms with Crippen molar-refractivity contribution in [2.75, 3.05) is 37.7 Å². The van der Waals surface area contributed by atoms with Crippen molar-refractivity contribution in [2.45, 2.75) is 18.6 Å². The average molecular weight is 514 g/mol. The molecular weight excluding hydrogens is 486 g/mol. The first kappa shape index (κ1) is 24.0. The fourth-order valence-electron chi connectivity index (χ4n) is 5.06. The van der Waals surface area contributed by atoms with Crippen molar-refractivity contribution < 1.29 is 28.6 Å². The van der Waals surface area contributed by atoms with Gasteiger partial charge in [-0.05, 0) is 48.5 Å². The zero-order valence-electron chi connectivity index (χ0n) is 20.7. The van der Waals surface area contributed by atoms with E-state index in [2.05, 4.69) is 0 Å². The highest BCUT2D eigenvalue weighted by atomic mass is 16.6. The Morgan fingerprint density at radius 2 is 1.45 bits per heavy atom. The van der Waals surface area contributed by atoms with E-state index in [4.69, 9.17) is 14.2 Å². The number of ether oxygens (including phenoxy) is 3. The van der Waals surface area contributed by atoms with Crippen LogP contribution in [-0.2, 0) is 14.4 Å². The van der Waals surface area contributed by atoms with Gasteiger partial charge in [-0.25, -0.2) is 4.90 Å². The molecule has 0 aromatic heterocycles. The van der Waals surface area contributed by atoms with Crippen LogP contribution in [-0.4, -0.2) is 72.5 Å². The Morgan fingerprint density at radius 1 is 0.789 bits per heavy atom. The Kier molecular flexibility index (Phi) is 6.43. The van der Waals surface area contributed by atoms with E-state index in [9.17, 15) is 14.4 Å². The third kappa shape index (κ3) is 4.68. The van der Waals surface area contributed by atoms with Crippen LogP contribution >= 0.6 is 0 Å². The molecule has 2 fully saturated rings. The quantitative estimate of drug-likeness (QED) is 0.485. The number of hydrogen-bond acceptors (Lipinski definition) is 7. The first-order valence-corrected chi connectivity index (χ1v) is 12.7. The highest BCUT2D eigenvalue weighted by Crippen LogP contribution is 2.32. The van der Waals surface area contributed by atoms with Gasteiger partial charge in [0, 0.05) is 26.2 Å². The van der Waals surface area contributed by atoms with Gasteiger partial charge >= 0.3 is 0 Å². The number of amides is 3. The van der Waals surface area contributed by atoms with Crippen LogP contribution in [0.25, 0.3) is 0 Å². The lowest BCUT2D eigenvalue weighted by atomic mass is 10.1. The molecule has 3 amide bonds. The number of anilines is 1. The molecule has 0 aliphatic carbocycles. The number of rotatable bonds is 5. The number of piperazine rings is 1. The van der Waals surface area contributed by atoms with Crippen LogP contribution in [0.4, 0.5) is 5.69 Å². The van der Waals surface area contributed by atoms with Crippen molar-refractivity contribution in [3.8, 4) is 23.0 Å². The molecule has 0 spiro atoms. The van der Waals surface area contributed by atoms with Gasteiger partial charge in [0.1, 0.15) is 18.1 Å². The Bertz CT molecular complexity index is 1340. The Balaban J connectivity index is 1.05. The molecule has 3 aliphatic heterocycles. The largest absolute Gasteiger partial charge is 0.485 e. The zero-order valence-corrected chi connectivity index (χ0v) is 20.7. The Morgan fingerprint density at radius 3 is 2.18 bits per heavy atom. The molecule has 2 atom stereocenters. The van der Waals surface area contributed by atoms with Crippen LogP contribution in [0.5, 0.6) is 23.0 Å². The van der Waals surface area contributed by atoms with Crippen molar-refractivity contribution in [3.63, 3.8) is 0 Å². The van der Waals surface area contributed by atoms with E-state index in [1.807, 2.05) is 53.4 Å². The normalized spacial score (nSPS) is 21.5. The van der Waals surface area contributed by atoms with Crippen LogP contribution in [0.2, 0.25) is 0 Å². The number of benzene rings is 3. The lowest BCUT2D eigenvalue weighted by molar-refractivity contribution is -0.143. The van der Waals surface area contributed by atoms with Crippen LogP contribution in [0.15, 0.2) is 78.9 Å². The molecule has 9 heteroatoms. The van der Waals surface area contributed by atoms with Crippen molar-refractivity contribution in [1.29, 1.82) is 0 Å². The van der Waals surface area contributed by atoms with Crippen LogP contribution in [0.1, 0.15) is 6.42 Å². The summed E-state index contributed by atoms with van der Waals surface area (Å²) in [5.74, 6) is 1.91. The van der Waals surface area contributed by atoms with E-state index >= 15 is 0 Å². The van der Waals surface area contributed by atoms with Crippen LogP contribution in [0, 0.1) is 0 Å². The van der Waals surface area contributed by atoms with Gasteiger partial charge in [0.05, 0.1) is 18.2 Å². The SMILES string of the molecule is O=C([C@@H]1COc2ccccc2O1)N1CCN([C@@H]2CC(=O)N(c3ccc(Oc4ccccc4)cc3)C2=O)CC1. The molecule has 6 rings (SSSR count). The number of fused-ring (bicyclic) bond motifs is 1. The number of nitrogens with zero attached hydrogens (tertiary/aromatic N) is 3. The van der Waals surface area contributed by atoms with E-state index in [0.717, 1.165) is 0 Å². The molecule has 38 heavy (non-hydrogen) atoms. The molecule has 0 bridgehead atoms. The lowest BCUT2D eigenvalue weighted by Crippen LogP contribution is -2.57. The molecule has 194 valence electrons. The molecule has 3 aromatic rings. The highest BCUT2D eigenvalue weighted by molar-refractivity contribution is 6.22. The number of hydrogen-bond donors (Lipinski definition) is 0. The molecule has 3 heterocycles. The Hall–Kier alpha value is -4.37. The van der Waals surface area contributed by atoms with E-state index in [1.54, 1.807) is 35.2 Å². The van der Waals surface area contributed by atoms with Gasteiger partial charge in [0.25, 0.3) is 11.8 Å². The smallest absolute Gasteiger partial charge is 0.267 e. The monoisotopic (exact) mass is 513 g/mol. The molecule has 0 saturated carbocycles. The van der Waals surface area contributed by atoms with E-state index in [0.29, 0.717) is 54.9 Å². The summed E-state index contributed by atoms with van der Waals surface area (Å²) in [7, 11) is 0. The summed E-state index contributed by atoms with van der Waals surface area (Å²) in [5.41, 5.74) is 0.520. The summed E-state index contributed by atoms with van der Waals surface area (Å²) in [6.45, 7) is 2.05. The molecule has 0 radical (unpaired) electrons. The van der Waals surface area contributed by atoms with Crippen LogP contribution in [0.3, 0.4) is 0 Å². The third-order valence-electron chi connectivity index (χ3n) is 7.05. The maximum absolute atomic E-state index is 13.3. The van der Waals surface area contributed by atoms with Crippen molar-refractivity contribution >= 4 is 23.4 Å². The van der Waals surface area contributed by atoms with Gasteiger partial charge in [-0.2, -0.15) is 0 Å². The van der Waals surface area contributed by atoms with Gasteiger partial charge < -0.3 is 19.1 Å². The minimum Gasteiger partial charge on any atom is -0.485 e. The third-order valence-corrected chi connectivity index (χ3v) is 7.05. The van der Waals surface area contributed by atoms with Crippen molar-refractivity contribution in [2.24, 2.45) is 0 Å². The molecular formula is C29H27N3O6. The number of imide groups is 1. The van der Waals surface area contributed by atoms with Crippen molar-refractivity contribution in [3.05, 3.63) is 78.9 Å². The van der Waals surface area contributed by atoms with Gasteiger partial charge in [-0.1, -0.05) is 30.3 Å². The molecule has 2 saturated heterocycles. The summed E-state index contributed by atoms with van der Waals surface area (Å²) in [5, 5.41) is 0. The first-order valence-electron chi connectivity index (χ1n) is 12.7.